The summed E-state index contributed by atoms with van der Waals surface area (Å²) in [5.74, 6) is 0. The summed E-state index contributed by atoms with van der Waals surface area (Å²) < 4.78 is 3.34. The fourth-order valence-corrected chi connectivity index (χ4v) is 4.00. The molecule has 2 saturated heterocycles. The Bertz CT molecular complexity index is 465. The van der Waals surface area contributed by atoms with Crippen molar-refractivity contribution in [3.8, 4) is 0 Å². The summed E-state index contributed by atoms with van der Waals surface area (Å²) in [5, 5.41) is 4.60. The van der Waals surface area contributed by atoms with Gasteiger partial charge in [0.2, 0.25) is 0 Å². The number of nitrogens with zero attached hydrogens (tertiary/aromatic N) is 4. The quantitative estimate of drug-likeness (QED) is 0.842. The molecular weight excluding hydrogens is 316 g/mol. The van der Waals surface area contributed by atoms with Crippen LogP contribution in [0, 0.1) is 6.92 Å². The summed E-state index contributed by atoms with van der Waals surface area (Å²) in [5.41, 5.74) is 2.45. The van der Waals surface area contributed by atoms with Crippen molar-refractivity contribution in [2.24, 2.45) is 0 Å². The third kappa shape index (κ3) is 2.81. The normalized spacial score (nSPS) is 24.9. The summed E-state index contributed by atoms with van der Waals surface area (Å²) in [6.07, 6.45) is 4.12. The van der Waals surface area contributed by atoms with Crippen molar-refractivity contribution in [2.45, 2.75) is 52.2 Å². The van der Waals surface area contributed by atoms with Crippen molar-refractivity contribution in [3.05, 3.63) is 15.9 Å². The molecule has 0 N–H and O–H groups in total. The van der Waals surface area contributed by atoms with Gasteiger partial charge in [-0.3, -0.25) is 14.5 Å². The second-order valence-corrected chi connectivity index (χ2v) is 6.88. The van der Waals surface area contributed by atoms with E-state index in [0.29, 0.717) is 0 Å². The zero-order valence-corrected chi connectivity index (χ0v) is 14.2. The lowest BCUT2D eigenvalue weighted by Gasteiger charge is -2.23. The van der Waals surface area contributed by atoms with Crippen LogP contribution < -0.4 is 0 Å². The Labute approximate surface area is 130 Å². The van der Waals surface area contributed by atoms with Gasteiger partial charge in [-0.15, -0.1) is 0 Å². The fraction of sp³-hybridized carbons (Fsp3) is 0.800. The van der Waals surface area contributed by atoms with Crippen LogP contribution >= 0.6 is 15.9 Å². The second-order valence-electron chi connectivity index (χ2n) is 6.08. The van der Waals surface area contributed by atoms with Crippen LogP contribution in [0.2, 0.25) is 0 Å². The highest BCUT2D eigenvalue weighted by Crippen LogP contribution is 2.26. The minimum absolute atomic E-state index is 0.787. The number of hydrogen-bond acceptors (Lipinski definition) is 3. The van der Waals surface area contributed by atoms with Crippen LogP contribution in [-0.4, -0.2) is 51.8 Å². The topological polar surface area (TPSA) is 24.3 Å². The maximum Gasteiger partial charge on any atom is 0.0739 e. The van der Waals surface area contributed by atoms with Gasteiger partial charge in [0, 0.05) is 32.2 Å². The molecule has 0 radical (unpaired) electrons. The Kier molecular flexibility index (Phi) is 4.48. The van der Waals surface area contributed by atoms with Gasteiger partial charge in [-0.25, -0.2) is 0 Å². The van der Waals surface area contributed by atoms with E-state index in [2.05, 4.69) is 49.4 Å². The Balaban J connectivity index is 1.64. The average molecular weight is 341 g/mol. The predicted octanol–water partition coefficient (Wildman–Crippen LogP) is 2.64. The van der Waals surface area contributed by atoms with E-state index >= 15 is 0 Å². The molecule has 2 fully saturated rings. The molecule has 2 aliphatic heterocycles. The number of halogens is 1. The Morgan fingerprint density at radius 2 is 2.00 bits per heavy atom. The zero-order chi connectivity index (χ0) is 14.1. The molecule has 2 aliphatic rings. The van der Waals surface area contributed by atoms with E-state index < -0.39 is 0 Å². The largest absolute Gasteiger partial charge is 0.299 e. The van der Waals surface area contributed by atoms with Crippen LogP contribution in [0.25, 0.3) is 0 Å². The van der Waals surface area contributed by atoms with E-state index in [0.717, 1.165) is 24.8 Å². The van der Waals surface area contributed by atoms with E-state index in [1.54, 1.807) is 0 Å². The van der Waals surface area contributed by atoms with Crippen LogP contribution in [0.1, 0.15) is 37.6 Å². The molecule has 112 valence electrons. The van der Waals surface area contributed by atoms with E-state index in [1.165, 1.54) is 55.6 Å². The van der Waals surface area contributed by atoms with Gasteiger partial charge in [0.05, 0.1) is 15.9 Å². The minimum atomic E-state index is 0.787. The Hall–Kier alpha value is -0.390. The lowest BCUT2D eigenvalue weighted by molar-refractivity contribution is 0.227. The molecule has 3 heterocycles. The average Bonchev–Trinajstić information content (AvgIpc) is 3.15. The summed E-state index contributed by atoms with van der Waals surface area (Å²) in [4.78, 5) is 5.29. The van der Waals surface area contributed by atoms with Gasteiger partial charge >= 0.3 is 0 Å². The number of aromatic nitrogens is 2. The molecule has 0 saturated carbocycles. The Morgan fingerprint density at radius 3 is 2.70 bits per heavy atom. The molecule has 5 heteroatoms. The molecule has 1 unspecified atom stereocenters. The van der Waals surface area contributed by atoms with Gasteiger partial charge < -0.3 is 0 Å². The molecule has 0 aromatic carbocycles. The van der Waals surface area contributed by atoms with E-state index in [4.69, 9.17) is 0 Å². The standard InChI is InChI=1S/C15H25BrN4/c1-3-20-14(15(16)12(2)17-20)11-18-9-6-13(10-18)19-7-4-5-8-19/h13H,3-11H2,1-2H3. The molecule has 0 amide bonds. The fourth-order valence-electron chi connectivity index (χ4n) is 3.59. The smallest absolute Gasteiger partial charge is 0.0739 e. The van der Waals surface area contributed by atoms with Crippen LogP contribution in [-0.2, 0) is 13.1 Å². The molecule has 0 spiro atoms. The molecule has 1 atom stereocenters. The monoisotopic (exact) mass is 340 g/mol. The molecule has 4 nitrogen and oxygen atoms in total. The van der Waals surface area contributed by atoms with E-state index in [9.17, 15) is 0 Å². The van der Waals surface area contributed by atoms with Gasteiger partial charge in [0.25, 0.3) is 0 Å². The first-order valence-corrected chi connectivity index (χ1v) is 8.66. The van der Waals surface area contributed by atoms with Crippen LogP contribution in [0.5, 0.6) is 0 Å². The third-order valence-electron chi connectivity index (χ3n) is 4.73. The third-order valence-corrected chi connectivity index (χ3v) is 5.76. The maximum absolute atomic E-state index is 4.60. The van der Waals surface area contributed by atoms with E-state index in [1.807, 2.05) is 0 Å². The molecule has 1 aromatic rings. The molecule has 0 aliphatic carbocycles. The highest BCUT2D eigenvalue weighted by Gasteiger charge is 2.30. The minimum Gasteiger partial charge on any atom is -0.299 e. The summed E-state index contributed by atoms with van der Waals surface area (Å²) in [6, 6.07) is 0.787. The Morgan fingerprint density at radius 1 is 1.25 bits per heavy atom. The van der Waals surface area contributed by atoms with E-state index in [-0.39, 0.29) is 0 Å². The highest BCUT2D eigenvalue weighted by atomic mass is 79.9. The number of hydrogen-bond donors (Lipinski definition) is 0. The van der Waals surface area contributed by atoms with Crippen molar-refractivity contribution in [1.82, 2.24) is 19.6 Å². The van der Waals surface area contributed by atoms with Gasteiger partial charge in [-0.1, -0.05) is 0 Å². The van der Waals surface area contributed by atoms with Gasteiger partial charge in [-0.2, -0.15) is 5.10 Å². The molecule has 20 heavy (non-hydrogen) atoms. The van der Waals surface area contributed by atoms with Crippen LogP contribution in [0.3, 0.4) is 0 Å². The molecular formula is C15H25BrN4. The first-order chi connectivity index (χ1) is 9.69. The molecule has 1 aromatic heterocycles. The highest BCUT2D eigenvalue weighted by molar-refractivity contribution is 9.10. The van der Waals surface area contributed by atoms with Crippen molar-refractivity contribution in [3.63, 3.8) is 0 Å². The second kappa shape index (κ2) is 6.16. The lowest BCUT2D eigenvalue weighted by Crippen LogP contribution is -2.35. The van der Waals surface area contributed by atoms with Crippen molar-refractivity contribution in [2.75, 3.05) is 26.2 Å². The van der Waals surface area contributed by atoms with Gasteiger partial charge in [-0.05, 0) is 62.1 Å². The summed E-state index contributed by atoms with van der Waals surface area (Å²) in [7, 11) is 0. The van der Waals surface area contributed by atoms with Crippen LogP contribution in [0.15, 0.2) is 4.47 Å². The number of rotatable bonds is 4. The van der Waals surface area contributed by atoms with Gasteiger partial charge in [0.1, 0.15) is 0 Å². The molecule has 3 rings (SSSR count). The van der Waals surface area contributed by atoms with Crippen LogP contribution in [0.4, 0.5) is 0 Å². The molecule has 0 bridgehead atoms. The summed E-state index contributed by atoms with van der Waals surface area (Å²) in [6.45, 7) is 11.3. The van der Waals surface area contributed by atoms with Gasteiger partial charge in [0.15, 0.2) is 0 Å². The first-order valence-electron chi connectivity index (χ1n) is 7.87. The maximum atomic E-state index is 4.60. The number of likely N-dealkylation sites (tertiary alicyclic amines) is 2. The van der Waals surface area contributed by atoms with Crippen molar-refractivity contribution >= 4 is 15.9 Å². The first kappa shape index (κ1) is 14.5. The van der Waals surface area contributed by atoms with Crippen molar-refractivity contribution < 1.29 is 0 Å². The van der Waals surface area contributed by atoms with Crippen molar-refractivity contribution in [1.29, 1.82) is 0 Å². The number of aryl methyl sites for hydroxylation is 2. The summed E-state index contributed by atoms with van der Waals surface area (Å²) >= 11 is 3.71. The zero-order valence-electron chi connectivity index (χ0n) is 12.6. The predicted molar refractivity (Wildman–Crippen MR) is 84.8 cm³/mol. The SMILES string of the molecule is CCn1nc(C)c(Br)c1CN1CCC(N2CCCC2)C1. The lowest BCUT2D eigenvalue weighted by atomic mass is 10.2.